The molecule has 0 radical (unpaired) electrons. The molecule has 1 aliphatic heterocycles. The number of nitrogens with zero attached hydrogens (tertiary/aromatic N) is 1. The van der Waals surface area contributed by atoms with Crippen molar-refractivity contribution in [1.29, 1.82) is 0 Å². The van der Waals surface area contributed by atoms with Crippen molar-refractivity contribution in [3.63, 3.8) is 0 Å². The Balaban J connectivity index is 2.17. The molecule has 0 aromatic heterocycles. The first-order chi connectivity index (χ1) is 6.90. The van der Waals surface area contributed by atoms with E-state index in [1.165, 1.54) is 0 Å². The zero-order chi connectivity index (χ0) is 9.80. The van der Waals surface area contributed by atoms with Gasteiger partial charge in [0.2, 0.25) is 6.54 Å². The molecule has 0 amide bonds. The van der Waals surface area contributed by atoms with Crippen LogP contribution in [-0.2, 0) is 6.42 Å². The van der Waals surface area contributed by atoms with Gasteiger partial charge in [0.1, 0.15) is 13.2 Å². The van der Waals surface area contributed by atoms with Crippen molar-refractivity contribution >= 4 is 0 Å². The van der Waals surface area contributed by atoms with E-state index in [4.69, 9.17) is 16.0 Å². The lowest BCUT2D eigenvalue weighted by molar-refractivity contribution is 0.171. The SMILES string of the molecule is [C-]#[N+]CCc1ccc2c(c1)OCCO2. The predicted molar refractivity (Wildman–Crippen MR) is 52.6 cm³/mol. The van der Waals surface area contributed by atoms with Gasteiger partial charge in [-0.2, -0.15) is 0 Å². The molecule has 3 nitrogen and oxygen atoms in total. The molecule has 1 aromatic rings. The first-order valence-corrected chi connectivity index (χ1v) is 4.62. The van der Waals surface area contributed by atoms with Gasteiger partial charge in [0, 0.05) is 6.42 Å². The molecule has 1 heterocycles. The Labute approximate surface area is 83.1 Å². The van der Waals surface area contributed by atoms with Crippen molar-refractivity contribution in [1.82, 2.24) is 0 Å². The smallest absolute Gasteiger partial charge is 0.218 e. The third-order valence-electron chi connectivity index (χ3n) is 2.12. The maximum Gasteiger partial charge on any atom is 0.218 e. The zero-order valence-corrected chi connectivity index (χ0v) is 7.82. The van der Waals surface area contributed by atoms with Gasteiger partial charge in [0.25, 0.3) is 0 Å². The second kappa shape index (κ2) is 4.01. The number of fused-ring (bicyclic) bond motifs is 1. The van der Waals surface area contributed by atoms with Crippen LogP contribution in [0.25, 0.3) is 4.85 Å². The summed E-state index contributed by atoms with van der Waals surface area (Å²) in [6.45, 7) is 8.47. The van der Waals surface area contributed by atoms with Gasteiger partial charge in [-0.05, 0) is 17.7 Å². The summed E-state index contributed by atoms with van der Waals surface area (Å²) in [5, 5.41) is 0. The van der Waals surface area contributed by atoms with Gasteiger partial charge < -0.3 is 14.3 Å². The molecular formula is C11H11NO2. The second-order valence-electron chi connectivity index (χ2n) is 3.11. The molecular weight excluding hydrogens is 178 g/mol. The number of hydrogen-bond donors (Lipinski definition) is 0. The third kappa shape index (κ3) is 1.80. The van der Waals surface area contributed by atoms with Gasteiger partial charge in [-0.15, -0.1) is 0 Å². The summed E-state index contributed by atoms with van der Waals surface area (Å²) in [5.41, 5.74) is 1.13. The average molecular weight is 189 g/mol. The van der Waals surface area contributed by atoms with Crippen LogP contribution in [0.2, 0.25) is 0 Å². The number of benzene rings is 1. The van der Waals surface area contributed by atoms with E-state index >= 15 is 0 Å². The van der Waals surface area contributed by atoms with Crippen LogP contribution in [0.5, 0.6) is 11.5 Å². The fraction of sp³-hybridized carbons (Fsp3) is 0.364. The topological polar surface area (TPSA) is 22.8 Å². The minimum absolute atomic E-state index is 0.527. The minimum Gasteiger partial charge on any atom is -0.486 e. The van der Waals surface area contributed by atoms with Crippen LogP contribution in [0, 0.1) is 6.57 Å². The molecule has 1 aliphatic rings. The predicted octanol–water partition coefficient (Wildman–Crippen LogP) is 1.92. The summed E-state index contributed by atoms with van der Waals surface area (Å²) in [7, 11) is 0. The fourth-order valence-electron chi connectivity index (χ4n) is 1.43. The Morgan fingerprint density at radius 3 is 2.79 bits per heavy atom. The molecule has 0 unspecified atom stereocenters. The van der Waals surface area contributed by atoms with Crippen molar-refractivity contribution in [2.24, 2.45) is 0 Å². The van der Waals surface area contributed by atoms with Crippen LogP contribution >= 0.6 is 0 Å². The minimum atomic E-state index is 0.527. The standard InChI is InChI=1S/C11H11NO2/c1-12-5-4-9-2-3-10-11(8-9)14-7-6-13-10/h2-3,8H,4-7H2. The van der Waals surface area contributed by atoms with Gasteiger partial charge in [-0.25, -0.2) is 6.57 Å². The van der Waals surface area contributed by atoms with Crippen LogP contribution in [0.3, 0.4) is 0 Å². The normalized spacial score (nSPS) is 13.4. The summed E-state index contributed by atoms with van der Waals surface area (Å²) in [6, 6.07) is 5.85. The highest BCUT2D eigenvalue weighted by atomic mass is 16.6. The highest BCUT2D eigenvalue weighted by molar-refractivity contribution is 5.43. The first-order valence-electron chi connectivity index (χ1n) is 4.62. The van der Waals surface area contributed by atoms with Crippen LogP contribution in [0.15, 0.2) is 18.2 Å². The first kappa shape index (κ1) is 8.89. The Hall–Kier alpha value is -1.69. The molecule has 0 saturated carbocycles. The van der Waals surface area contributed by atoms with Crippen LogP contribution in [0.4, 0.5) is 0 Å². The van der Waals surface area contributed by atoms with E-state index in [0.717, 1.165) is 23.5 Å². The van der Waals surface area contributed by atoms with Gasteiger partial charge in [-0.1, -0.05) is 6.07 Å². The molecule has 0 atom stereocenters. The largest absolute Gasteiger partial charge is 0.486 e. The highest BCUT2D eigenvalue weighted by Gasteiger charge is 2.11. The van der Waals surface area contributed by atoms with Crippen molar-refractivity contribution < 1.29 is 9.47 Å². The summed E-state index contributed by atoms with van der Waals surface area (Å²) in [5.74, 6) is 1.61. The van der Waals surface area contributed by atoms with Gasteiger partial charge in [0.15, 0.2) is 11.5 Å². The van der Waals surface area contributed by atoms with Crippen LogP contribution in [-0.4, -0.2) is 19.8 Å². The molecule has 0 saturated heterocycles. The van der Waals surface area contributed by atoms with Gasteiger partial charge in [-0.3, -0.25) is 0 Å². The van der Waals surface area contributed by atoms with E-state index in [1.54, 1.807) is 0 Å². The number of ether oxygens (including phenoxy) is 2. The van der Waals surface area contributed by atoms with Crippen molar-refractivity contribution in [2.45, 2.75) is 6.42 Å². The summed E-state index contributed by atoms with van der Waals surface area (Å²) < 4.78 is 10.8. The molecule has 0 aliphatic carbocycles. The maximum absolute atomic E-state index is 6.71. The molecule has 1 aromatic carbocycles. The van der Waals surface area contributed by atoms with Gasteiger partial charge in [0.05, 0.1) is 0 Å². The monoisotopic (exact) mass is 189 g/mol. The molecule has 2 rings (SSSR count). The Bertz CT molecular complexity index is 368. The Morgan fingerprint density at radius 1 is 1.21 bits per heavy atom. The Kier molecular flexibility index (Phi) is 2.55. The lowest BCUT2D eigenvalue weighted by Crippen LogP contribution is -2.15. The van der Waals surface area contributed by atoms with E-state index in [9.17, 15) is 0 Å². The molecule has 14 heavy (non-hydrogen) atoms. The molecule has 0 spiro atoms. The molecule has 0 N–H and O–H groups in total. The number of rotatable bonds is 2. The van der Waals surface area contributed by atoms with Crippen LogP contribution in [0.1, 0.15) is 5.56 Å². The van der Waals surface area contributed by atoms with Crippen LogP contribution < -0.4 is 9.47 Å². The Morgan fingerprint density at radius 2 is 2.00 bits per heavy atom. The third-order valence-corrected chi connectivity index (χ3v) is 2.12. The lowest BCUT2D eigenvalue weighted by Gasteiger charge is -2.18. The molecule has 3 heteroatoms. The van der Waals surface area contributed by atoms with E-state index in [2.05, 4.69) is 4.85 Å². The molecule has 0 fully saturated rings. The van der Waals surface area contributed by atoms with E-state index < -0.39 is 0 Å². The summed E-state index contributed by atoms with van der Waals surface area (Å²) in [6.07, 6.45) is 0.778. The zero-order valence-electron chi connectivity index (χ0n) is 7.82. The summed E-state index contributed by atoms with van der Waals surface area (Å²) in [4.78, 5) is 3.32. The fourth-order valence-corrected chi connectivity index (χ4v) is 1.43. The van der Waals surface area contributed by atoms with Crippen molar-refractivity contribution in [2.75, 3.05) is 19.8 Å². The maximum atomic E-state index is 6.71. The molecule has 0 bridgehead atoms. The second-order valence-corrected chi connectivity index (χ2v) is 3.11. The van der Waals surface area contributed by atoms with E-state index in [0.29, 0.717) is 19.8 Å². The average Bonchev–Trinajstić information content (AvgIpc) is 2.26. The number of hydrogen-bond acceptors (Lipinski definition) is 2. The van der Waals surface area contributed by atoms with Crippen molar-refractivity contribution in [3.05, 3.63) is 35.2 Å². The highest BCUT2D eigenvalue weighted by Crippen LogP contribution is 2.30. The summed E-state index contributed by atoms with van der Waals surface area (Å²) >= 11 is 0. The molecule has 72 valence electrons. The van der Waals surface area contributed by atoms with E-state index in [1.807, 2.05) is 18.2 Å². The van der Waals surface area contributed by atoms with E-state index in [-0.39, 0.29) is 0 Å². The van der Waals surface area contributed by atoms with Gasteiger partial charge >= 0.3 is 0 Å². The quantitative estimate of drug-likeness (QED) is 0.663. The van der Waals surface area contributed by atoms with Crippen molar-refractivity contribution in [3.8, 4) is 11.5 Å². The lowest BCUT2D eigenvalue weighted by atomic mass is 10.1.